The van der Waals surface area contributed by atoms with Crippen molar-refractivity contribution < 1.29 is 4.39 Å². The lowest BCUT2D eigenvalue weighted by molar-refractivity contribution is 0.627. The first-order chi connectivity index (χ1) is 8.18. The van der Waals surface area contributed by atoms with Crippen LogP contribution in [0.25, 0.3) is 0 Å². The molecule has 0 amide bonds. The fourth-order valence-corrected chi connectivity index (χ4v) is 2.39. The van der Waals surface area contributed by atoms with Gasteiger partial charge in [-0.05, 0) is 11.6 Å². The summed E-state index contributed by atoms with van der Waals surface area (Å²) in [5, 5.41) is 0.760. The zero-order valence-electron chi connectivity index (χ0n) is 8.73. The molecule has 2 N–H and O–H groups in total. The van der Waals surface area contributed by atoms with Crippen molar-refractivity contribution in [1.29, 1.82) is 0 Å². The van der Waals surface area contributed by atoms with E-state index in [9.17, 15) is 4.39 Å². The van der Waals surface area contributed by atoms with E-state index in [2.05, 4.69) is 9.97 Å². The van der Waals surface area contributed by atoms with Gasteiger partial charge in [-0.2, -0.15) is 0 Å². The zero-order valence-corrected chi connectivity index (χ0v) is 10.3. The molecule has 6 heteroatoms. The lowest BCUT2D eigenvalue weighted by Crippen LogP contribution is -1.95. The van der Waals surface area contributed by atoms with Crippen molar-refractivity contribution in [2.75, 3.05) is 5.73 Å². The predicted molar refractivity (Wildman–Crippen MR) is 67.4 cm³/mol. The van der Waals surface area contributed by atoms with Crippen LogP contribution in [0.5, 0.6) is 0 Å². The van der Waals surface area contributed by atoms with Crippen LogP contribution in [0.1, 0.15) is 5.56 Å². The van der Waals surface area contributed by atoms with E-state index in [-0.39, 0.29) is 5.02 Å². The van der Waals surface area contributed by atoms with Crippen LogP contribution in [-0.2, 0) is 5.75 Å². The van der Waals surface area contributed by atoms with Crippen LogP contribution in [0.4, 0.5) is 10.2 Å². The summed E-state index contributed by atoms with van der Waals surface area (Å²) in [6.45, 7) is 0. The molecule has 1 aromatic heterocycles. The Morgan fingerprint density at radius 1 is 1.29 bits per heavy atom. The van der Waals surface area contributed by atoms with Crippen molar-refractivity contribution in [2.24, 2.45) is 0 Å². The maximum absolute atomic E-state index is 13.2. The number of rotatable bonds is 3. The van der Waals surface area contributed by atoms with Gasteiger partial charge in [0.2, 0.25) is 0 Å². The quantitative estimate of drug-likeness (QED) is 0.870. The van der Waals surface area contributed by atoms with Crippen LogP contribution in [0, 0.1) is 5.82 Å². The summed E-state index contributed by atoms with van der Waals surface area (Å²) in [5.74, 6) is 0.446. The maximum Gasteiger partial charge on any atom is 0.156 e. The predicted octanol–water partition coefficient (Wildman–Crippen LogP) is 3.14. The number of aromatic nitrogens is 2. The topological polar surface area (TPSA) is 51.8 Å². The van der Waals surface area contributed by atoms with Crippen molar-refractivity contribution >= 4 is 29.2 Å². The smallest absolute Gasteiger partial charge is 0.156 e. The fourth-order valence-electron chi connectivity index (χ4n) is 1.25. The van der Waals surface area contributed by atoms with Gasteiger partial charge in [0.25, 0.3) is 0 Å². The molecule has 0 fully saturated rings. The summed E-state index contributed by atoms with van der Waals surface area (Å²) >= 11 is 7.22. The van der Waals surface area contributed by atoms with Crippen LogP contribution in [0.15, 0.2) is 35.6 Å². The number of nitrogens with two attached hydrogens (primary N) is 1. The Labute approximate surface area is 107 Å². The van der Waals surface area contributed by atoms with Crippen molar-refractivity contribution in [3.8, 4) is 0 Å². The first kappa shape index (κ1) is 12.1. The molecule has 0 saturated heterocycles. The number of hydrogen-bond donors (Lipinski definition) is 1. The van der Waals surface area contributed by atoms with Crippen molar-refractivity contribution in [2.45, 2.75) is 10.8 Å². The number of halogens is 2. The molecule has 17 heavy (non-hydrogen) atoms. The Bertz CT molecular complexity index is 536. The molecule has 1 aromatic carbocycles. The Morgan fingerprint density at radius 2 is 2.06 bits per heavy atom. The molecule has 0 aliphatic rings. The summed E-state index contributed by atoms with van der Waals surface area (Å²) in [6, 6.07) is 4.72. The minimum Gasteiger partial charge on any atom is -0.381 e. The Kier molecular flexibility index (Phi) is 3.81. The van der Waals surface area contributed by atoms with Crippen LogP contribution in [-0.4, -0.2) is 9.97 Å². The molecule has 0 aliphatic heterocycles. The summed E-state index contributed by atoms with van der Waals surface area (Å²) in [5.41, 5.74) is 6.36. The number of thioether (sulfide) groups is 1. The first-order valence-corrected chi connectivity index (χ1v) is 6.17. The number of anilines is 1. The van der Waals surface area contributed by atoms with Gasteiger partial charge in [0.1, 0.15) is 10.8 Å². The Balaban J connectivity index is 2.13. The lowest BCUT2D eigenvalue weighted by atomic mass is 10.2. The molecular weight excluding hydrogens is 261 g/mol. The molecule has 0 radical (unpaired) electrons. The summed E-state index contributed by atoms with van der Waals surface area (Å²) in [6.07, 6.45) is 3.08. The Morgan fingerprint density at radius 3 is 2.82 bits per heavy atom. The number of nitrogens with zero attached hydrogens (tertiary/aromatic N) is 2. The molecule has 2 aromatic rings. The third-order valence-corrected chi connectivity index (χ3v) is 3.55. The van der Waals surface area contributed by atoms with Gasteiger partial charge in [-0.3, -0.25) is 0 Å². The molecule has 88 valence electrons. The minimum absolute atomic E-state index is 0.141. The number of hydrogen-bond acceptors (Lipinski definition) is 4. The van der Waals surface area contributed by atoms with Crippen molar-refractivity contribution in [3.05, 3.63) is 47.0 Å². The Hall–Kier alpha value is -1.33. The number of nitrogen functional groups attached to an aromatic ring is 1. The van der Waals surface area contributed by atoms with E-state index < -0.39 is 5.82 Å². The summed E-state index contributed by atoms with van der Waals surface area (Å²) in [4.78, 5) is 8.00. The third-order valence-electron chi connectivity index (χ3n) is 2.09. The average molecular weight is 270 g/mol. The molecule has 0 saturated carbocycles. The maximum atomic E-state index is 13.2. The second-order valence-electron chi connectivity index (χ2n) is 3.25. The molecule has 0 unspecified atom stereocenters. The van der Waals surface area contributed by atoms with E-state index in [0.29, 0.717) is 22.2 Å². The van der Waals surface area contributed by atoms with Gasteiger partial charge < -0.3 is 5.73 Å². The summed E-state index contributed by atoms with van der Waals surface area (Å²) in [7, 11) is 0. The van der Waals surface area contributed by atoms with Gasteiger partial charge in [-0.1, -0.05) is 35.5 Å². The van der Waals surface area contributed by atoms with E-state index in [1.54, 1.807) is 18.3 Å². The molecule has 0 spiro atoms. The van der Waals surface area contributed by atoms with Gasteiger partial charge in [0, 0.05) is 18.1 Å². The van der Waals surface area contributed by atoms with Crippen LogP contribution in [0.2, 0.25) is 5.02 Å². The van der Waals surface area contributed by atoms with Crippen molar-refractivity contribution in [1.82, 2.24) is 9.97 Å². The van der Waals surface area contributed by atoms with Gasteiger partial charge in [-0.25, -0.2) is 14.4 Å². The SMILES string of the molecule is Nc1nccnc1SCc1cccc(F)c1Cl. The molecule has 0 bridgehead atoms. The highest BCUT2D eigenvalue weighted by Gasteiger charge is 2.08. The van der Waals surface area contributed by atoms with Crippen LogP contribution in [0.3, 0.4) is 0 Å². The zero-order chi connectivity index (χ0) is 12.3. The molecular formula is C11H9ClFN3S. The third kappa shape index (κ3) is 2.87. The highest BCUT2D eigenvalue weighted by molar-refractivity contribution is 7.98. The van der Waals surface area contributed by atoms with E-state index in [4.69, 9.17) is 17.3 Å². The molecule has 0 aliphatic carbocycles. The highest BCUT2D eigenvalue weighted by atomic mass is 35.5. The van der Waals surface area contributed by atoms with Crippen LogP contribution >= 0.6 is 23.4 Å². The standard InChI is InChI=1S/C11H9ClFN3S/c12-9-7(2-1-3-8(9)13)6-17-11-10(14)15-4-5-16-11/h1-5H,6H2,(H2,14,15). The van der Waals surface area contributed by atoms with Gasteiger partial charge >= 0.3 is 0 Å². The van der Waals surface area contributed by atoms with Gasteiger partial charge in [-0.15, -0.1) is 0 Å². The summed E-state index contributed by atoms with van der Waals surface area (Å²) < 4.78 is 13.2. The van der Waals surface area contributed by atoms with E-state index >= 15 is 0 Å². The second kappa shape index (κ2) is 5.33. The average Bonchev–Trinajstić information content (AvgIpc) is 2.33. The van der Waals surface area contributed by atoms with E-state index in [0.717, 1.165) is 0 Å². The molecule has 0 atom stereocenters. The van der Waals surface area contributed by atoms with Crippen molar-refractivity contribution in [3.63, 3.8) is 0 Å². The first-order valence-electron chi connectivity index (χ1n) is 4.80. The van der Waals surface area contributed by atoms with Gasteiger partial charge in [0.15, 0.2) is 5.82 Å². The molecule has 3 nitrogen and oxygen atoms in total. The van der Waals surface area contributed by atoms with Crippen LogP contribution < -0.4 is 5.73 Å². The normalized spacial score (nSPS) is 10.5. The molecule has 2 rings (SSSR count). The number of benzene rings is 1. The monoisotopic (exact) mass is 269 g/mol. The van der Waals surface area contributed by atoms with E-state index in [1.165, 1.54) is 24.0 Å². The van der Waals surface area contributed by atoms with Gasteiger partial charge in [0.05, 0.1) is 5.02 Å². The largest absolute Gasteiger partial charge is 0.381 e. The second-order valence-corrected chi connectivity index (χ2v) is 4.59. The molecule has 1 heterocycles. The highest BCUT2D eigenvalue weighted by Crippen LogP contribution is 2.28. The minimum atomic E-state index is -0.420. The fraction of sp³-hybridized carbons (Fsp3) is 0.0909. The van der Waals surface area contributed by atoms with E-state index in [1.807, 2.05) is 0 Å². The lowest BCUT2D eigenvalue weighted by Gasteiger charge is -2.05.